The van der Waals surface area contributed by atoms with Gasteiger partial charge < -0.3 is 0 Å². The van der Waals surface area contributed by atoms with Gasteiger partial charge >= 0.3 is 0 Å². The molecule has 1 fully saturated rings. The van der Waals surface area contributed by atoms with Crippen LogP contribution in [0.1, 0.15) is 37.8 Å². The Kier molecular flexibility index (Phi) is 6.42. The number of carbonyl (C=O) groups is 2. The van der Waals surface area contributed by atoms with E-state index in [1.807, 2.05) is 31.2 Å². The number of aryl methyl sites for hydroxylation is 1. The summed E-state index contributed by atoms with van der Waals surface area (Å²) in [5.74, 6) is -0.183. The van der Waals surface area contributed by atoms with Crippen molar-refractivity contribution < 1.29 is 9.59 Å². The number of nitrogens with zero attached hydrogens (tertiary/aromatic N) is 2. The van der Waals surface area contributed by atoms with Crippen molar-refractivity contribution in [2.75, 3.05) is 19.8 Å². The van der Waals surface area contributed by atoms with Gasteiger partial charge in [0.1, 0.15) is 0 Å². The number of thioether (sulfide) groups is 1. The lowest BCUT2D eigenvalue weighted by molar-refractivity contribution is -0.124. The first kappa shape index (κ1) is 17.8. The predicted molar refractivity (Wildman–Crippen MR) is 96.0 cm³/mol. The lowest BCUT2D eigenvalue weighted by atomic mass is 10.1. The smallest absolute Gasteiger partial charge is 0.286 e. The van der Waals surface area contributed by atoms with E-state index in [1.54, 1.807) is 6.08 Å². The Morgan fingerprint density at radius 3 is 2.26 bits per heavy atom. The summed E-state index contributed by atoms with van der Waals surface area (Å²) in [4.78, 5) is 28.7. The molecule has 1 saturated heterocycles. The van der Waals surface area contributed by atoms with E-state index >= 15 is 0 Å². The molecule has 2 rings (SSSR count). The van der Waals surface area contributed by atoms with Gasteiger partial charge in [-0.1, -0.05) is 43.7 Å². The SMILES string of the molecule is CCCN(CCC)CN1C(=O)S/C(=C/c2ccc(C)cc2)C1=O. The van der Waals surface area contributed by atoms with Gasteiger partial charge in [0.05, 0.1) is 11.6 Å². The maximum absolute atomic E-state index is 12.5. The molecule has 0 unspecified atom stereocenters. The van der Waals surface area contributed by atoms with Crippen LogP contribution in [0.4, 0.5) is 4.79 Å². The zero-order valence-corrected chi connectivity index (χ0v) is 14.9. The number of amides is 2. The number of hydrogen-bond acceptors (Lipinski definition) is 4. The van der Waals surface area contributed by atoms with Crippen molar-refractivity contribution >= 4 is 29.0 Å². The van der Waals surface area contributed by atoms with Crippen LogP contribution >= 0.6 is 11.8 Å². The van der Waals surface area contributed by atoms with Crippen LogP contribution in [-0.4, -0.2) is 40.7 Å². The molecule has 1 aromatic carbocycles. The topological polar surface area (TPSA) is 40.6 Å². The summed E-state index contributed by atoms with van der Waals surface area (Å²) in [5, 5.41) is -0.175. The molecule has 5 heteroatoms. The summed E-state index contributed by atoms with van der Waals surface area (Å²) in [6.45, 7) is 8.41. The van der Waals surface area contributed by atoms with E-state index in [0.717, 1.165) is 43.3 Å². The Bertz CT molecular complexity index is 590. The van der Waals surface area contributed by atoms with E-state index < -0.39 is 0 Å². The Morgan fingerprint density at radius 1 is 1.09 bits per heavy atom. The monoisotopic (exact) mass is 332 g/mol. The summed E-state index contributed by atoms with van der Waals surface area (Å²) in [6.07, 6.45) is 3.82. The number of rotatable bonds is 7. The maximum atomic E-state index is 12.5. The van der Waals surface area contributed by atoms with Crippen LogP contribution in [0.3, 0.4) is 0 Å². The van der Waals surface area contributed by atoms with Gasteiger partial charge in [0.15, 0.2) is 0 Å². The van der Waals surface area contributed by atoms with Crippen LogP contribution in [0.25, 0.3) is 6.08 Å². The van der Waals surface area contributed by atoms with Crippen molar-refractivity contribution in [1.29, 1.82) is 0 Å². The highest BCUT2D eigenvalue weighted by molar-refractivity contribution is 8.18. The maximum Gasteiger partial charge on any atom is 0.294 e. The molecule has 1 aromatic rings. The minimum atomic E-state index is -0.183. The molecule has 23 heavy (non-hydrogen) atoms. The van der Waals surface area contributed by atoms with E-state index in [1.165, 1.54) is 10.5 Å². The van der Waals surface area contributed by atoms with Crippen molar-refractivity contribution in [3.63, 3.8) is 0 Å². The van der Waals surface area contributed by atoms with E-state index in [-0.39, 0.29) is 11.1 Å². The van der Waals surface area contributed by atoms with Crippen LogP contribution in [0, 0.1) is 6.92 Å². The number of imide groups is 1. The van der Waals surface area contributed by atoms with Gasteiger partial charge in [0.25, 0.3) is 11.1 Å². The standard InChI is InChI=1S/C18H24N2O2S/c1-4-10-19(11-5-2)13-20-17(21)16(23-18(20)22)12-15-8-6-14(3)7-9-15/h6-9,12H,4-5,10-11,13H2,1-3H3/b16-12+. The van der Waals surface area contributed by atoms with Crippen LogP contribution in [0.5, 0.6) is 0 Å². The number of carbonyl (C=O) groups excluding carboxylic acids is 2. The Labute approximate surface area is 142 Å². The molecule has 1 aliphatic heterocycles. The fourth-order valence-electron chi connectivity index (χ4n) is 2.52. The highest BCUT2D eigenvalue weighted by Gasteiger charge is 2.35. The first-order valence-electron chi connectivity index (χ1n) is 8.09. The van der Waals surface area contributed by atoms with E-state index in [9.17, 15) is 9.59 Å². The van der Waals surface area contributed by atoms with Gasteiger partial charge in [0.2, 0.25) is 0 Å². The first-order valence-corrected chi connectivity index (χ1v) is 8.91. The first-order chi connectivity index (χ1) is 11.0. The van der Waals surface area contributed by atoms with E-state index in [2.05, 4.69) is 18.7 Å². The molecule has 0 aromatic heterocycles. The molecule has 2 amide bonds. The van der Waals surface area contributed by atoms with Gasteiger partial charge in [-0.05, 0) is 56.3 Å². The average molecular weight is 332 g/mol. The fraction of sp³-hybridized carbons (Fsp3) is 0.444. The zero-order valence-electron chi connectivity index (χ0n) is 14.0. The minimum absolute atomic E-state index is 0.175. The molecule has 1 heterocycles. The second kappa shape index (κ2) is 8.31. The van der Waals surface area contributed by atoms with Crippen molar-refractivity contribution in [2.24, 2.45) is 0 Å². The van der Waals surface area contributed by atoms with Gasteiger partial charge in [-0.3, -0.25) is 19.4 Å². The highest BCUT2D eigenvalue weighted by Crippen LogP contribution is 2.32. The van der Waals surface area contributed by atoms with Crippen molar-refractivity contribution in [3.05, 3.63) is 40.3 Å². The van der Waals surface area contributed by atoms with Gasteiger partial charge in [-0.2, -0.15) is 0 Å². The van der Waals surface area contributed by atoms with E-state index in [4.69, 9.17) is 0 Å². The molecule has 0 saturated carbocycles. The number of benzene rings is 1. The largest absolute Gasteiger partial charge is 0.294 e. The zero-order chi connectivity index (χ0) is 16.8. The van der Waals surface area contributed by atoms with E-state index in [0.29, 0.717) is 11.6 Å². The normalized spacial score (nSPS) is 16.9. The molecule has 1 aliphatic rings. The Morgan fingerprint density at radius 2 is 1.70 bits per heavy atom. The molecular weight excluding hydrogens is 308 g/mol. The lowest BCUT2D eigenvalue weighted by Crippen LogP contribution is -2.41. The second-order valence-electron chi connectivity index (χ2n) is 5.78. The summed E-state index contributed by atoms with van der Waals surface area (Å²) < 4.78 is 0. The second-order valence-corrected chi connectivity index (χ2v) is 6.77. The van der Waals surface area contributed by atoms with Crippen LogP contribution in [0.2, 0.25) is 0 Å². The van der Waals surface area contributed by atoms with Crippen LogP contribution in [-0.2, 0) is 4.79 Å². The lowest BCUT2D eigenvalue weighted by Gasteiger charge is -2.25. The molecule has 0 N–H and O–H groups in total. The van der Waals surface area contributed by atoms with Crippen molar-refractivity contribution in [3.8, 4) is 0 Å². The quantitative estimate of drug-likeness (QED) is 0.705. The van der Waals surface area contributed by atoms with Gasteiger partial charge in [-0.25, -0.2) is 0 Å². The summed E-state index contributed by atoms with van der Waals surface area (Å²) in [6, 6.07) is 7.92. The molecule has 0 atom stereocenters. The highest BCUT2D eigenvalue weighted by atomic mass is 32.2. The van der Waals surface area contributed by atoms with Crippen molar-refractivity contribution in [1.82, 2.24) is 9.80 Å². The predicted octanol–water partition coefficient (Wildman–Crippen LogP) is 4.11. The third-order valence-electron chi connectivity index (χ3n) is 3.67. The Hall–Kier alpha value is -1.59. The molecule has 0 bridgehead atoms. The third kappa shape index (κ3) is 4.69. The summed E-state index contributed by atoms with van der Waals surface area (Å²) in [7, 11) is 0. The van der Waals surface area contributed by atoms with Crippen molar-refractivity contribution in [2.45, 2.75) is 33.6 Å². The minimum Gasteiger partial charge on any atom is -0.286 e. The third-order valence-corrected chi connectivity index (χ3v) is 4.58. The number of hydrogen-bond donors (Lipinski definition) is 0. The average Bonchev–Trinajstić information content (AvgIpc) is 2.78. The molecule has 0 radical (unpaired) electrons. The molecule has 124 valence electrons. The van der Waals surface area contributed by atoms with Crippen LogP contribution < -0.4 is 0 Å². The Balaban J connectivity index is 2.11. The van der Waals surface area contributed by atoms with Crippen LogP contribution in [0.15, 0.2) is 29.2 Å². The van der Waals surface area contributed by atoms with Gasteiger partial charge in [0, 0.05) is 0 Å². The molecule has 0 spiro atoms. The molecule has 0 aliphatic carbocycles. The van der Waals surface area contributed by atoms with Gasteiger partial charge in [-0.15, -0.1) is 0 Å². The fourth-order valence-corrected chi connectivity index (χ4v) is 3.35. The molecular formula is C18H24N2O2S. The summed E-state index contributed by atoms with van der Waals surface area (Å²) >= 11 is 1.03. The molecule has 4 nitrogen and oxygen atoms in total. The summed E-state index contributed by atoms with van der Waals surface area (Å²) in [5.41, 5.74) is 2.12.